The molecule has 5 nitrogen and oxygen atoms in total. The van der Waals surface area contributed by atoms with Crippen LogP contribution in [0.5, 0.6) is 5.75 Å². The summed E-state index contributed by atoms with van der Waals surface area (Å²) in [5.74, 6) is 1.53. The lowest BCUT2D eigenvalue weighted by atomic mass is 9.87. The lowest BCUT2D eigenvalue weighted by Gasteiger charge is -2.36. The second-order valence-corrected chi connectivity index (χ2v) is 7.08. The molecule has 0 radical (unpaired) electrons. The Morgan fingerprint density at radius 3 is 2.56 bits per heavy atom. The van der Waals surface area contributed by atoms with Gasteiger partial charge >= 0.3 is 0 Å². The maximum absolute atomic E-state index is 12.7. The zero-order valence-electron chi connectivity index (χ0n) is 15.2. The summed E-state index contributed by atoms with van der Waals surface area (Å²) in [5, 5.41) is 0. The van der Waals surface area contributed by atoms with Crippen molar-refractivity contribution < 1.29 is 14.3 Å². The van der Waals surface area contributed by atoms with Crippen molar-refractivity contribution in [1.29, 1.82) is 0 Å². The number of ether oxygens (including phenoxy) is 1. The summed E-state index contributed by atoms with van der Waals surface area (Å²) < 4.78 is 5.76. The fraction of sp³-hybridized carbons (Fsp3) is 0.600. The van der Waals surface area contributed by atoms with Crippen LogP contribution in [0.3, 0.4) is 0 Å². The molecule has 1 aromatic carbocycles. The highest BCUT2D eigenvalue weighted by atomic mass is 16.5. The number of nitrogens with zero attached hydrogens (tertiary/aromatic N) is 2. The monoisotopic (exact) mass is 344 g/mol. The fourth-order valence-electron chi connectivity index (χ4n) is 3.93. The molecule has 2 heterocycles. The molecule has 1 atom stereocenters. The van der Waals surface area contributed by atoms with Crippen molar-refractivity contribution in [2.45, 2.75) is 38.5 Å². The van der Waals surface area contributed by atoms with Crippen LogP contribution in [0, 0.1) is 5.92 Å². The number of carbonyl (C=O) groups is 2. The average Bonchev–Trinajstić information content (AvgIpc) is 2.64. The standard InChI is InChI=1S/C20H28N2O3/c1-3-25-18-7-5-4-6-17(18)15-9-12-22(13-10-15)20(24)16-8-11-21(2)19(23)14-16/h4-7,15-16H,3,8-14H2,1-2H3/t16-/m0/s1. The molecule has 0 spiro atoms. The van der Waals surface area contributed by atoms with Gasteiger partial charge in [-0.1, -0.05) is 18.2 Å². The van der Waals surface area contributed by atoms with Crippen molar-refractivity contribution >= 4 is 11.8 Å². The van der Waals surface area contributed by atoms with Gasteiger partial charge in [0.15, 0.2) is 0 Å². The predicted octanol–water partition coefficient (Wildman–Crippen LogP) is 2.66. The Bertz CT molecular complexity index is 623. The average molecular weight is 344 g/mol. The molecule has 5 heteroatoms. The van der Waals surface area contributed by atoms with Crippen LogP contribution in [0.25, 0.3) is 0 Å². The lowest BCUT2D eigenvalue weighted by Crippen LogP contribution is -2.46. The normalized spacial score (nSPS) is 22.2. The number of likely N-dealkylation sites (tertiary alicyclic amines) is 2. The van der Waals surface area contributed by atoms with E-state index in [2.05, 4.69) is 12.1 Å². The summed E-state index contributed by atoms with van der Waals surface area (Å²) in [7, 11) is 1.81. The maximum Gasteiger partial charge on any atom is 0.226 e. The smallest absolute Gasteiger partial charge is 0.226 e. The van der Waals surface area contributed by atoms with Crippen LogP contribution in [0.1, 0.15) is 44.1 Å². The van der Waals surface area contributed by atoms with Crippen molar-refractivity contribution in [1.82, 2.24) is 9.80 Å². The van der Waals surface area contributed by atoms with Crippen LogP contribution >= 0.6 is 0 Å². The number of rotatable bonds is 4. The first-order valence-corrected chi connectivity index (χ1v) is 9.34. The van der Waals surface area contributed by atoms with E-state index in [1.165, 1.54) is 5.56 Å². The quantitative estimate of drug-likeness (QED) is 0.844. The summed E-state index contributed by atoms with van der Waals surface area (Å²) in [4.78, 5) is 28.3. The molecule has 2 amide bonds. The van der Waals surface area contributed by atoms with Gasteiger partial charge in [-0.15, -0.1) is 0 Å². The van der Waals surface area contributed by atoms with Gasteiger partial charge in [0.2, 0.25) is 11.8 Å². The van der Waals surface area contributed by atoms with Gasteiger partial charge < -0.3 is 14.5 Å². The van der Waals surface area contributed by atoms with Crippen molar-refractivity contribution in [2.24, 2.45) is 5.92 Å². The van der Waals surface area contributed by atoms with Gasteiger partial charge in [-0.05, 0) is 43.7 Å². The molecule has 25 heavy (non-hydrogen) atoms. The first-order valence-electron chi connectivity index (χ1n) is 9.34. The molecule has 0 saturated carbocycles. The molecule has 2 saturated heterocycles. The van der Waals surface area contributed by atoms with Gasteiger partial charge in [-0.25, -0.2) is 0 Å². The third-order valence-electron chi connectivity index (χ3n) is 5.47. The van der Waals surface area contributed by atoms with Crippen LogP contribution in [0.15, 0.2) is 24.3 Å². The van der Waals surface area contributed by atoms with Crippen LogP contribution in [-0.2, 0) is 9.59 Å². The van der Waals surface area contributed by atoms with E-state index in [9.17, 15) is 9.59 Å². The van der Waals surface area contributed by atoms with E-state index in [1.54, 1.807) is 4.90 Å². The molecule has 0 unspecified atom stereocenters. The van der Waals surface area contributed by atoms with Gasteiger partial charge in [-0.2, -0.15) is 0 Å². The van der Waals surface area contributed by atoms with Gasteiger partial charge in [0.25, 0.3) is 0 Å². The largest absolute Gasteiger partial charge is 0.494 e. The molecule has 0 N–H and O–H groups in total. The lowest BCUT2D eigenvalue weighted by molar-refractivity contribution is -0.145. The molecular weight excluding hydrogens is 316 g/mol. The van der Waals surface area contributed by atoms with E-state index in [4.69, 9.17) is 4.74 Å². The highest BCUT2D eigenvalue weighted by Gasteiger charge is 2.33. The van der Waals surface area contributed by atoms with E-state index in [0.717, 1.165) is 38.1 Å². The minimum Gasteiger partial charge on any atom is -0.494 e. The number of amides is 2. The number of hydrogen-bond donors (Lipinski definition) is 0. The first kappa shape index (κ1) is 17.8. The van der Waals surface area contributed by atoms with Gasteiger partial charge in [0, 0.05) is 39.0 Å². The molecule has 2 aliphatic heterocycles. The highest BCUT2D eigenvalue weighted by Crippen LogP contribution is 2.35. The van der Waals surface area contributed by atoms with E-state index < -0.39 is 0 Å². The predicted molar refractivity (Wildman–Crippen MR) is 96.5 cm³/mol. The fourth-order valence-corrected chi connectivity index (χ4v) is 3.93. The summed E-state index contributed by atoms with van der Waals surface area (Å²) in [5.41, 5.74) is 1.26. The van der Waals surface area contributed by atoms with Crippen molar-refractivity contribution in [3.8, 4) is 5.75 Å². The van der Waals surface area contributed by atoms with Crippen LogP contribution in [0.4, 0.5) is 0 Å². The van der Waals surface area contributed by atoms with E-state index in [1.807, 2.05) is 31.0 Å². The van der Waals surface area contributed by atoms with Crippen LogP contribution in [0.2, 0.25) is 0 Å². The minimum atomic E-state index is -0.129. The van der Waals surface area contributed by atoms with Crippen molar-refractivity contribution in [3.05, 3.63) is 29.8 Å². The number of benzene rings is 1. The van der Waals surface area contributed by atoms with Gasteiger partial charge in [-0.3, -0.25) is 9.59 Å². The zero-order chi connectivity index (χ0) is 17.8. The Kier molecular flexibility index (Phi) is 5.61. The van der Waals surface area contributed by atoms with Gasteiger partial charge in [0.1, 0.15) is 5.75 Å². The second kappa shape index (κ2) is 7.89. The Labute approximate surface area is 149 Å². The Hall–Kier alpha value is -2.04. The van der Waals surface area contributed by atoms with Crippen molar-refractivity contribution in [2.75, 3.05) is 33.3 Å². The van der Waals surface area contributed by atoms with E-state index in [-0.39, 0.29) is 17.7 Å². The first-order chi connectivity index (χ1) is 12.1. The molecular formula is C20H28N2O3. The third kappa shape index (κ3) is 3.97. The molecule has 3 rings (SSSR count). The number of piperidine rings is 2. The second-order valence-electron chi connectivity index (χ2n) is 7.08. The Morgan fingerprint density at radius 2 is 1.88 bits per heavy atom. The number of hydrogen-bond acceptors (Lipinski definition) is 3. The minimum absolute atomic E-state index is 0.0881. The molecule has 1 aromatic rings. The Balaban J connectivity index is 1.59. The summed E-state index contributed by atoms with van der Waals surface area (Å²) >= 11 is 0. The van der Waals surface area contributed by atoms with E-state index in [0.29, 0.717) is 25.5 Å². The van der Waals surface area contributed by atoms with E-state index >= 15 is 0 Å². The molecule has 0 aliphatic carbocycles. The highest BCUT2D eigenvalue weighted by molar-refractivity contribution is 5.87. The molecule has 0 bridgehead atoms. The maximum atomic E-state index is 12.7. The summed E-state index contributed by atoms with van der Waals surface area (Å²) in [6.45, 7) is 4.89. The summed E-state index contributed by atoms with van der Waals surface area (Å²) in [6, 6.07) is 8.23. The summed E-state index contributed by atoms with van der Waals surface area (Å²) in [6.07, 6.45) is 3.06. The topological polar surface area (TPSA) is 49.9 Å². The van der Waals surface area contributed by atoms with Crippen molar-refractivity contribution in [3.63, 3.8) is 0 Å². The zero-order valence-corrected chi connectivity index (χ0v) is 15.2. The Morgan fingerprint density at radius 1 is 1.16 bits per heavy atom. The van der Waals surface area contributed by atoms with Crippen LogP contribution in [-0.4, -0.2) is 54.9 Å². The number of para-hydroxylation sites is 1. The number of carbonyl (C=O) groups excluding carboxylic acids is 2. The van der Waals surface area contributed by atoms with Crippen LogP contribution < -0.4 is 4.74 Å². The third-order valence-corrected chi connectivity index (χ3v) is 5.47. The molecule has 0 aromatic heterocycles. The molecule has 2 aliphatic rings. The molecule has 136 valence electrons. The van der Waals surface area contributed by atoms with Gasteiger partial charge in [0.05, 0.1) is 6.61 Å². The SMILES string of the molecule is CCOc1ccccc1C1CCN(C(=O)[C@H]2CCN(C)C(=O)C2)CC1. The molecule has 2 fully saturated rings.